The molecule has 1 unspecified atom stereocenters. The van der Waals surface area contributed by atoms with Crippen LogP contribution in [0.15, 0.2) is 24.3 Å². The summed E-state index contributed by atoms with van der Waals surface area (Å²) in [6.07, 6.45) is 5.86. The Morgan fingerprint density at radius 3 is 2.24 bits per heavy atom. The number of hydrogen-bond acceptors (Lipinski definition) is 3. The van der Waals surface area contributed by atoms with E-state index in [1.807, 2.05) is 32.0 Å². The molecule has 1 aromatic rings. The zero-order valence-corrected chi connectivity index (χ0v) is 14.4. The minimum atomic E-state index is -0.998. The van der Waals surface area contributed by atoms with Gasteiger partial charge >= 0.3 is 0 Å². The van der Waals surface area contributed by atoms with E-state index in [2.05, 4.69) is 6.92 Å². The maximum absolute atomic E-state index is 10.2. The number of hydrogen-bond donors (Lipinski definition) is 1. The lowest BCUT2D eigenvalue weighted by Gasteiger charge is -2.26. The molecule has 0 aromatic heterocycles. The summed E-state index contributed by atoms with van der Waals surface area (Å²) in [7, 11) is -0.998. The summed E-state index contributed by atoms with van der Waals surface area (Å²) < 4.78 is 11.7. The van der Waals surface area contributed by atoms with Gasteiger partial charge in [-0.05, 0) is 26.3 Å². The van der Waals surface area contributed by atoms with Gasteiger partial charge in [-0.25, -0.2) is 0 Å². The van der Waals surface area contributed by atoms with Crippen LogP contribution < -0.4 is 0 Å². The molecule has 4 heteroatoms. The number of rotatable bonds is 11. The van der Waals surface area contributed by atoms with E-state index in [0.717, 1.165) is 18.4 Å². The van der Waals surface area contributed by atoms with Gasteiger partial charge in [0.15, 0.2) is 8.38 Å². The van der Waals surface area contributed by atoms with E-state index in [9.17, 15) is 5.11 Å². The number of aromatic hydroxyl groups is 1. The smallest absolute Gasteiger partial charge is 0.178 e. The van der Waals surface area contributed by atoms with E-state index in [-0.39, 0.29) is 5.66 Å². The lowest BCUT2D eigenvalue weighted by atomic mass is 10.0. The highest BCUT2D eigenvalue weighted by Gasteiger charge is 2.27. The molecule has 0 bridgehead atoms. The molecule has 0 aliphatic carbocycles. The second kappa shape index (κ2) is 11.0. The fourth-order valence-electron chi connectivity index (χ4n) is 2.38. The molecule has 0 spiro atoms. The molecule has 1 atom stereocenters. The van der Waals surface area contributed by atoms with Crippen molar-refractivity contribution < 1.29 is 14.2 Å². The summed E-state index contributed by atoms with van der Waals surface area (Å²) in [5.74, 6) is 0.352. The van der Waals surface area contributed by atoms with Gasteiger partial charge in [0.05, 0.1) is 18.9 Å². The second-order valence-corrected chi connectivity index (χ2v) is 6.76. The molecule has 1 rings (SSSR count). The average molecular weight is 312 g/mol. The van der Waals surface area contributed by atoms with Gasteiger partial charge in [0.2, 0.25) is 0 Å². The predicted molar refractivity (Wildman–Crippen MR) is 89.8 cm³/mol. The molecule has 120 valence electrons. The lowest BCUT2D eigenvalue weighted by molar-refractivity contribution is 0.259. The van der Waals surface area contributed by atoms with Crippen molar-refractivity contribution in [3.8, 4) is 5.75 Å². The topological polar surface area (TPSA) is 38.7 Å². The molecule has 0 radical (unpaired) electrons. The molecular formula is C17H29O3P. The van der Waals surface area contributed by atoms with Crippen molar-refractivity contribution in [2.24, 2.45) is 0 Å². The number of phenolic OH excluding ortho intramolecular Hbond substituents is 1. The van der Waals surface area contributed by atoms with Gasteiger partial charge in [0.1, 0.15) is 5.75 Å². The Morgan fingerprint density at radius 2 is 1.67 bits per heavy atom. The zero-order chi connectivity index (χ0) is 15.5. The van der Waals surface area contributed by atoms with Crippen molar-refractivity contribution in [3.05, 3.63) is 29.8 Å². The predicted octanol–water partition coefficient (Wildman–Crippen LogP) is 5.79. The first-order chi connectivity index (χ1) is 10.2. The van der Waals surface area contributed by atoms with Crippen LogP contribution in [0.25, 0.3) is 0 Å². The van der Waals surface area contributed by atoms with Crippen molar-refractivity contribution in [2.75, 3.05) is 13.2 Å². The van der Waals surface area contributed by atoms with Crippen molar-refractivity contribution in [2.45, 2.75) is 58.5 Å². The second-order valence-electron chi connectivity index (χ2n) is 5.04. The normalized spacial score (nSPS) is 12.8. The first-order valence-electron chi connectivity index (χ1n) is 8.07. The van der Waals surface area contributed by atoms with Crippen LogP contribution in [0.1, 0.15) is 64.1 Å². The van der Waals surface area contributed by atoms with Gasteiger partial charge in [-0.3, -0.25) is 0 Å². The van der Waals surface area contributed by atoms with Crippen LogP contribution in [0.4, 0.5) is 0 Å². The van der Waals surface area contributed by atoms with Gasteiger partial charge in [-0.2, -0.15) is 0 Å². The molecule has 0 aliphatic heterocycles. The Morgan fingerprint density at radius 1 is 1.00 bits per heavy atom. The average Bonchev–Trinajstić information content (AvgIpc) is 2.49. The molecule has 0 heterocycles. The van der Waals surface area contributed by atoms with Crippen LogP contribution >= 0.6 is 8.38 Å². The van der Waals surface area contributed by atoms with Crippen molar-refractivity contribution in [3.63, 3.8) is 0 Å². The van der Waals surface area contributed by atoms with E-state index in [4.69, 9.17) is 9.05 Å². The van der Waals surface area contributed by atoms with Crippen molar-refractivity contribution in [1.82, 2.24) is 0 Å². The number of para-hydroxylation sites is 1. The van der Waals surface area contributed by atoms with Crippen molar-refractivity contribution in [1.29, 1.82) is 0 Å². The first kappa shape index (κ1) is 18.4. The van der Waals surface area contributed by atoms with Gasteiger partial charge < -0.3 is 14.2 Å². The first-order valence-corrected chi connectivity index (χ1v) is 9.32. The molecule has 0 aliphatic rings. The highest BCUT2D eigenvalue weighted by Crippen LogP contribution is 2.56. The highest BCUT2D eigenvalue weighted by molar-refractivity contribution is 7.47. The SMILES string of the molecule is CCCCCCC(c1ccccc1O)P(OCC)OCC. The molecule has 3 nitrogen and oxygen atoms in total. The Hall–Kier alpha value is -0.630. The third kappa shape index (κ3) is 6.34. The molecule has 0 fully saturated rings. The van der Waals surface area contributed by atoms with Crippen LogP contribution in [0.5, 0.6) is 5.75 Å². The van der Waals surface area contributed by atoms with Crippen LogP contribution in [-0.4, -0.2) is 18.3 Å². The maximum atomic E-state index is 10.2. The fraction of sp³-hybridized carbons (Fsp3) is 0.647. The highest BCUT2D eigenvalue weighted by atomic mass is 31.2. The van der Waals surface area contributed by atoms with Crippen LogP contribution in [0.2, 0.25) is 0 Å². The number of benzene rings is 1. The minimum absolute atomic E-state index is 0.151. The summed E-state index contributed by atoms with van der Waals surface area (Å²) in [4.78, 5) is 0. The number of phenols is 1. The van der Waals surface area contributed by atoms with Crippen LogP contribution in [-0.2, 0) is 9.05 Å². The standard InChI is InChI=1S/C17H29O3P/c1-4-7-8-9-14-17(21(19-5-2)20-6-3)15-12-10-11-13-16(15)18/h10-13,17-18H,4-9,14H2,1-3H3. The Labute approximate surface area is 130 Å². The summed E-state index contributed by atoms with van der Waals surface area (Å²) in [5.41, 5.74) is 1.11. The van der Waals surface area contributed by atoms with Gasteiger partial charge in [-0.15, -0.1) is 0 Å². The molecule has 0 amide bonds. The van der Waals surface area contributed by atoms with E-state index in [1.165, 1.54) is 19.3 Å². The molecule has 0 saturated heterocycles. The molecule has 1 N–H and O–H groups in total. The van der Waals surface area contributed by atoms with E-state index in [1.54, 1.807) is 6.07 Å². The third-order valence-electron chi connectivity index (χ3n) is 3.39. The molecule has 0 saturated carbocycles. The summed E-state index contributed by atoms with van der Waals surface area (Å²) in [6.45, 7) is 7.49. The number of unbranched alkanes of at least 4 members (excludes halogenated alkanes) is 3. The van der Waals surface area contributed by atoms with Crippen LogP contribution in [0, 0.1) is 0 Å². The monoisotopic (exact) mass is 312 g/mol. The summed E-state index contributed by atoms with van der Waals surface area (Å²) in [6, 6.07) is 7.57. The van der Waals surface area contributed by atoms with Crippen LogP contribution in [0.3, 0.4) is 0 Å². The quantitative estimate of drug-likeness (QED) is 0.415. The van der Waals surface area contributed by atoms with E-state index in [0.29, 0.717) is 19.0 Å². The van der Waals surface area contributed by atoms with Gasteiger partial charge in [0.25, 0.3) is 0 Å². The largest absolute Gasteiger partial charge is 0.508 e. The fourth-order valence-corrected chi connectivity index (χ4v) is 4.16. The maximum Gasteiger partial charge on any atom is 0.178 e. The Balaban J connectivity index is 2.84. The van der Waals surface area contributed by atoms with E-state index >= 15 is 0 Å². The minimum Gasteiger partial charge on any atom is -0.508 e. The van der Waals surface area contributed by atoms with Gasteiger partial charge in [0, 0.05) is 5.56 Å². The molecule has 21 heavy (non-hydrogen) atoms. The molecular weight excluding hydrogens is 283 g/mol. The lowest BCUT2D eigenvalue weighted by Crippen LogP contribution is -2.04. The van der Waals surface area contributed by atoms with Gasteiger partial charge in [-0.1, -0.05) is 50.8 Å². The van der Waals surface area contributed by atoms with Crippen molar-refractivity contribution >= 4 is 8.38 Å². The zero-order valence-electron chi connectivity index (χ0n) is 13.5. The Kier molecular flexibility index (Phi) is 9.65. The third-order valence-corrected chi connectivity index (χ3v) is 5.46. The van der Waals surface area contributed by atoms with E-state index < -0.39 is 8.38 Å². The summed E-state index contributed by atoms with van der Waals surface area (Å²) in [5, 5.41) is 10.2. The summed E-state index contributed by atoms with van der Waals surface area (Å²) >= 11 is 0. The Bertz CT molecular complexity index is 378. The molecule has 1 aromatic carbocycles.